The van der Waals surface area contributed by atoms with Gasteiger partial charge >= 0.3 is 21.3 Å². The van der Waals surface area contributed by atoms with Crippen LogP contribution >= 0.6 is 0 Å². The molecule has 0 saturated carbocycles. The highest BCUT2D eigenvalue weighted by Crippen LogP contribution is 2.41. The zero-order chi connectivity index (χ0) is 18.7. The first-order valence-corrected chi connectivity index (χ1v) is 8.28. The molecule has 0 N–H and O–H groups in total. The quantitative estimate of drug-likeness (QED) is 0.238. The van der Waals surface area contributed by atoms with Crippen molar-refractivity contribution in [1.82, 2.24) is 0 Å². The number of nitrogens with zero attached hydrogens (tertiary/aromatic N) is 1. The molecule has 0 aliphatic carbocycles. The van der Waals surface area contributed by atoms with E-state index < -0.39 is 37.9 Å². The van der Waals surface area contributed by atoms with Crippen LogP contribution < -0.4 is 4.18 Å². The average Bonchev–Trinajstić information content (AvgIpc) is 2.45. The van der Waals surface area contributed by atoms with Gasteiger partial charge in [0.05, 0.1) is 4.92 Å². The lowest BCUT2D eigenvalue weighted by Gasteiger charge is -2.17. The van der Waals surface area contributed by atoms with E-state index in [0.29, 0.717) is 12.0 Å². The Balaban J connectivity index is 3.65. The number of allylic oxidation sites excluding steroid dienone is 1. The molecule has 0 fully saturated rings. The van der Waals surface area contributed by atoms with E-state index in [0.717, 1.165) is 6.07 Å². The van der Waals surface area contributed by atoms with Crippen molar-refractivity contribution in [2.75, 3.05) is 0 Å². The second kappa shape index (κ2) is 7.20. The van der Waals surface area contributed by atoms with Gasteiger partial charge in [-0.15, -0.1) is 6.58 Å². The molecular formula is C14H16F3NO5S. The lowest BCUT2D eigenvalue weighted by molar-refractivity contribution is -0.385. The smallest absolute Gasteiger partial charge is 0.368 e. The third kappa shape index (κ3) is 4.25. The van der Waals surface area contributed by atoms with Gasteiger partial charge in [-0.1, -0.05) is 26.0 Å². The molecule has 0 radical (unpaired) electrons. The van der Waals surface area contributed by atoms with Gasteiger partial charge in [0.25, 0.3) is 0 Å². The summed E-state index contributed by atoms with van der Waals surface area (Å²) in [6, 6.07) is 2.41. The molecule has 0 spiro atoms. The summed E-state index contributed by atoms with van der Waals surface area (Å²) in [5, 5.41) is 11.2. The van der Waals surface area contributed by atoms with Crippen molar-refractivity contribution >= 4 is 15.8 Å². The van der Waals surface area contributed by atoms with Gasteiger partial charge in [-0.2, -0.15) is 21.6 Å². The summed E-state index contributed by atoms with van der Waals surface area (Å²) in [5.74, 6) is -1.44. The minimum atomic E-state index is -6.03. The van der Waals surface area contributed by atoms with E-state index >= 15 is 0 Å². The minimum absolute atomic E-state index is 0.00812. The molecule has 0 heterocycles. The lowest BCUT2D eigenvalue weighted by atomic mass is 9.93. The molecule has 134 valence electrons. The maximum Gasteiger partial charge on any atom is 0.534 e. The number of hydrogen-bond donors (Lipinski definition) is 0. The van der Waals surface area contributed by atoms with Gasteiger partial charge in [-0.3, -0.25) is 10.1 Å². The standard InChI is InChI=1S/C14H16F3NO5S/c1-4-6-9(3)11-7-10(5-2)8-12(18(19)20)13(11)23-24(21,22)14(15,16)17/h4,7-9H,1,5-6H2,2-3H3. The Morgan fingerprint density at radius 3 is 2.42 bits per heavy atom. The highest BCUT2D eigenvalue weighted by atomic mass is 32.2. The molecule has 0 aromatic heterocycles. The molecule has 0 aliphatic rings. The van der Waals surface area contributed by atoms with Crippen molar-refractivity contribution in [3.05, 3.63) is 46.0 Å². The molecule has 1 aromatic rings. The first-order valence-electron chi connectivity index (χ1n) is 6.87. The Bertz CT molecular complexity index is 744. The lowest BCUT2D eigenvalue weighted by Crippen LogP contribution is -2.28. The third-order valence-corrected chi connectivity index (χ3v) is 4.24. The topological polar surface area (TPSA) is 86.5 Å². The fourth-order valence-corrected chi connectivity index (χ4v) is 2.52. The van der Waals surface area contributed by atoms with E-state index in [1.807, 2.05) is 0 Å². The minimum Gasteiger partial charge on any atom is -0.368 e. The fraction of sp³-hybridized carbons (Fsp3) is 0.429. The summed E-state index contributed by atoms with van der Waals surface area (Å²) in [7, 11) is -6.03. The third-order valence-electron chi connectivity index (χ3n) is 3.29. The highest BCUT2D eigenvalue weighted by Gasteiger charge is 2.49. The zero-order valence-corrected chi connectivity index (χ0v) is 13.8. The SMILES string of the molecule is C=CCC(C)c1cc(CC)cc([N+](=O)[O-])c1OS(=O)(=O)C(F)(F)F. The Kier molecular flexibility index (Phi) is 5.99. The number of hydrogen-bond acceptors (Lipinski definition) is 5. The fourth-order valence-electron chi connectivity index (χ4n) is 2.03. The van der Waals surface area contributed by atoms with Crippen LogP contribution in [0.3, 0.4) is 0 Å². The van der Waals surface area contributed by atoms with Crippen LogP contribution in [0, 0.1) is 10.1 Å². The van der Waals surface area contributed by atoms with E-state index in [-0.39, 0.29) is 12.0 Å². The Hall–Kier alpha value is -2.10. The van der Waals surface area contributed by atoms with Crippen LogP contribution in [0.4, 0.5) is 18.9 Å². The van der Waals surface area contributed by atoms with Gasteiger partial charge in [0.1, 0.15) is 0 Å². The van der Waals surface area contributed by atoms with Crippen LogP contribution in [0.5, 0.6) is 5.75 Å². The number of halogens is 3. The van der Waals surface area contributed by atoms with E-state index in [4.69, 9.17) is 0 Å². The van der Waals surface area contributed by atoms with Gasteiger partial charge in [0.15, 0.2) is 0 Å². The Morgan fingerprint density at radius 2 is 2.00 bits per heavy atom. The first kappa shape index (κ1) is 19.9. The maximum atomic E-state index is 12.6. The van der Waals surface area contributed by atoms with Gasteiger partial charge in [0, 0.05) is 11.6 Å². The predicted octanol–water partition coefficient (Wildman–Crippen LogP) is 4.07. The number of rotatable bonds is 7. The molecule has 0 bridgehead atoms. The van der Waals surface area contributed by atoms with Gasteiger partial charge in [0.2, 0.25) is 5.75 Å². The van der Waals surface area contributed by atoms with E-state index in [1.54, 1.807) is 13.8 Å². The molecule has 0 aliphatic heterocycles. The van der Waals surface area contributed by atoms with Crippen molar-refractivity contribution in [2.24, 2.45) is 0 Å². The molecule has 0 saturated heterocycles. The summed E-state index contributed by atoms with van der Waals surface area (Å²) in [6.07, 6.45) is 2.12. The van der Waals surface area contributed by atoms with Gasteiger partial charge in [-0.05, 0) is 24.3 Å². The van der Waals surface area contributed by atoms with E-state index in [1.165, 1.54) is 12.1 Å². The second-order valence-electron chi connectivity index (χ2n) is 5.05. The number of aryl methyl sites for hydroxylation is 1. The maximum absolute atomic E-state index is 12.6. The number of benzene rings is 1. The van der Waals surface area contributed by atoms with Crippen LogP contribution in [0.2, 0.25) is 0 Å². The van der Waals surface area contributed by atoms with Crippen LogP contribution in [0.25, 0.3) is 0 Å². The average molecular weight is 367 g/mol. The zero-order valence-electron chi connectivity index (χ0n) is 13.0. The number of nitro benzene ring substituents is 1. The Labute approximate surface area is 137 Å². The second-order valence-corrected chi connectivity index (χ2v) is 6.59. The normalized spacial score (nSPS) is 13.4. The molecular weight excluding hydrogens is 351 g/mol. The largest absolute Gasteiger partial charge is 0.534 e. The summed E-state index contributed by atoms with van der Waals surface area (Å²) in [5.41, 5.74) is -6.03. The van der Waals surface area contributed by atoms with Crippen molar-refractivity contribution in [2.45, 2.75) is 38.1 Å². The molecule has 6 nitrogen and oxygen atoms in total. The predicted molar refractivity (Wildman–Crippen MR) is 81.3 cm³/mol. The summed E-state index contributed by atoms with van der Waals surface area (Å²) >= 11 is 0. The molecule has 1 unspecified atom stereocenters. The first-order chi connectivity index (χ1) is 10.9. The molecule has 24 heavy (non-hydrogen) atoms. The summed E-state index contributed by atoms with van der Waals surface area (Å²) in [4.78, 5) is 10.2. The molecule has 0 amide bonds. The van der Waals surface area contributed by atoms with E-state index in [2.05, 4.69) is 10.8 Å². The van der Waals surface area contributed by atoms with Gasteiger partial charge in [-0.25, -0.2) is 0 Å². The molecule has 10 heteroatoms. The highest BCUT2D eigenvalue weighted by molar-refractivity contribution is 7.88. The molecule has 1 atom stereocenters. The van der Waals surface area contributed by atoms with Crippen LogP contribution in [-0.2, 0) is 16.5 Å². The van der Waals surface area contributed by atoms with E-state index in [9.17, 15) is 31.7 Å². The number of alkyl halides is 3. The van der Waals surface area contributed by atoms with Crippen molar-refractivity contribution in [3.8, 4) is 5.75 Å². The molecule has 1 aromatic carbocycles. The monoisotopic (exact) mass is 367 g/mol. The van der Waals surface area contributed by atoms with Crippen molar-refractivity contribution in [3.63, 3.8) is 0 Å². The van der Waals surface area contributed by atoms with Crippen LogP contribution in [0.15, 0.2) is 24.8 Å². The summed E-state index contributed by atoms with van der Waals surface area (Å²) in [6.45, 7) is 6.78. The van der Waals surface area contributed by atoms with Crippen molar-refractivity contribution < 1.29 is 30.7 Å². The van der Waals surface area contributed by atoms with Gasteiger partial charge < -0.3 is 4.18 Å². The van der Waals surface area contributed by atoms with Crippen LogP contribution in [0.1, 0.15) is 37.3 Å². The van der Waals surface area contributed by atoms with Crippen LogP contribution in [-0.4, -0.2) is 18.8 Å². The van der Waals surface area contributed by atoms with Crippen molar-refractivity contribution in [1.29, 1.82) is 0 Å². The summed E-state index contributed by atoms with van der Waals surface area (Å²) < 4.78 is 64.5. The Morgan fingerprint density at radius 1 is 1.42 bits per heavy atom. The molecule has 1 rings (SSSR count). The number of nitro groups is 1.